The minimum atomic E-state index is -3.73. The van der Waals surface area contributed by atoms with Crippen molar-refractivity contribution < 1.29 is 12.8 Å². The van der Waals surface area contributed by atoms with E-state index in [9.17, 15) is 12.8 Å². The van der Waals surface area contributed by atoms with Crippen molar-refractivity contribution in [1.82, 2.24) is 4.31 Å². The minimum Gasteiger partial charge on any atom is -0.207 e. The van der Waals surface area contributed by atoms with Crippen molar-refractivity contribution in [3.05, 3.63) is 87.9 Å². The van der Waals surface area contributed by atoms with E-state index in [4.69, 9.17) is 0 Å². The van der Waals surface area contributed by atoms with Gasteiger partial charge in [0.15, 0.2) is 0 Å². The van der Waals surface area contributed by atoms with Gasteiger partial charge in [0.2, 0.25) is 10.0 Å². The van der Waals surface area contributed by atoms with E-state index in [0.29, 0.717) is 13.0 Å². The molecule has 128 valence electrons. The molecule has 2 heterocycles. The molecule has 0 saturated heterocycles. The van der Waals surface area contributed by atoms with Crippen molar-refractivity contribution in [3.8, 4) is 0 Å². The van der Waals surface area contributed by atoms with E-state index in [1.165, 1.54) is 34.1 Å². The zero-order chi connectivity index (χ0) is 17.4. The number of rotatable bonds is 3. The molecular weight excluding hydrogens is 357 g/mol. The SMILES string of the molecule is O=S(=O)(c1ccc(F)cc1)N1CCc2ccccc2C1c1ccsc1. The molecule has 6 heteroatoms. The zero-order valence-electron chi connectivity index (χ0n) is 13.3. The Hall–Kier alpha value is -2.02. The van der Waals surface area contributed by atoms with Crippen LogP contribution in [0.2, 0.25) is 0 Å². The van der Waals surface area contributed by atoms with Crippen LogP contribution < -0.4 is 0 Å². The maximum Gasteiger partial charge on any atom is 0.243 e. The molecule has 0 radical (unpaired) electrons. The van der Waals surface area contributed by atoms with E-state index < -0.39 is 15.8 Å². The van der Waals surface area contributed by atoms with Crippen molar-refractivity contribution in [3.63, 3.8) is 0 Å². The predicted octanol–water partition coefficient (Wildman–Crippen LogP) is 4.22. The smallest absolute Gasteiger partial charge is 0.207 e. The van der Waals surface area contributed by atoms with Crippen LogP contribution in [0, 0.1) is 5.82 Å². The molecule has 1 atom stereocenters. The topological polar surface area (TPSA) is 37.4 Å². The van der Waals surface area contributed by atoms with Crippen molar-refractivity contribution in [1.29, 1.82) is 0 Å². The van der Waals surface area contributed by atoms with Gasteiger partial charge in [0.1, 0.15) is 5.82 Å². The molecule has 25 heavy (non-hydrogen) atoms. The maximum absolute atomic E-state index is 13.2. The van der Waals surface area contributed by atoms with Crippen LogP contribution in [0.3, 0.4) is 0 Å². The highest BCUT2D eigenvalue weighted by molar-refractivity contribution is 7.89. The third-order valence-corrected chi connectivity index (χ3v) is 7.10. The summed E-state index contributed by atoms with van der Waals surface area (Å²) in [4.78, 5) is 0.119. The summed E-state index contributed by atoms with van der Waals surface area (Å²) in [5.41, 5.74) is 3.14. The molecule has 0 amide bonds. The third kappa shape index (κ3) is 2.90. The molecule has 1 unspecified atom stereocenters. The Balaban J connectivity index is 1.84. The van der Waals surface area contributed by atoms with Crippen molar-refractivity contribution in [2.24, 2.45) is 0 Å². The fourth-order valence-corrected chi connectivity index (χ4v) is 5.59. The number of benzene rings is 2. The number of sulfonamides is 1. The van der Waals surface area contributed by atoms with Crippen LogP contribution in [0.1, 0.15) is 22.7 Å². The third-order valence-electron chi connectivity index (χ3n) is 4.52. The first-order valence-electron chi connectivity index (χ1n) is 7.95. The van der Waals surface area contributed by atoms with Crippen molar-refractivity contribution in [2.75, 3.05) is 6.54 Å². The second-order valence-corrected chi connectivity index (χ2v) is 8.65. The van der Waals surface area contributed by atoms with Gasteiger partial charge in [-0.25, -0.2) is 12.8 Å². The van der Waals surface area contributed by atoms with E-state index in [2.05, 4.69) is 6.07 Å². The average molecular weight is 373 g/mol. The number of nitrogens with zero attached hydrogens (tertiary/aromatic N) is 1. The van der Waals surface area contributed by atoms with Gasteiger partial charge in [-0.3, -0.25) is 0 Å². The lowest BCUT2D eigenvalue weighted by Gasteiger charge is -2.36. The van der Waals surface area contributed by atoms with Crippen LogP contribution in [0.15, 0.2) is 70.3 Å². The molecule has 0 bridgehead atoms. The molecule has 3 aromatic rings. The second kappa shape index (κ2) is 6.37. The Bertz CT molecular complexity index is 983. The van der Waals surface area contributed by atoms with Gasteiger partial charge in [-0.2, -0.15) is 15.6 Å². The quantitative estimate of drug-likeness (QED) is 0.689. The molecule has 1 aliphatic rings. The lowest BCUT2D eigenvalue weighted by atomic mass is 9.91. The molecule has 0 fully saturated rings. The van der Waals surface area contributed by atoms with Gasteiger partial charge in [-0.15, -0.1) is 0 Å². The first-order valence-corrected chi connectivity index (χ1v) is 10.3. The molecule has 4 rings (SSSR count). The molecule has 1 aliphatic heterocycles. The number of thiophene rings is 1. The molecule has 0 spiro atoms. The maximum atomic E-state index is 13.2. The number of hydrogen-bond donors (Lipinski definition) is 0. The highest BCUT2D eigenvalue weighted by atomic mass is 32.2. The molecule has 0 saturated carbocycles. The van der Waals surface area contributed by atoms with E-state index in [1.807, 2.05) is 35.0 Å². The van der Waals surface area contributed by atoms with Gasteiger partial charge in [-0.1, -0.05) is 24.3 Å². The van der Waals surface area contributed by atoms with Crippen LogP contribution in [-0.4, -0.2) is 19.3 Å². The van der Waals surface area contributed by atoms with Crippen molar-refractivity contribution in [2.45, 2.75) is 17.4 Å². The van der Waals surface area contributed by atoms with Gasteiger partial charge in [0.25, 0.3) is 0 Å². The van der Waals surface area contributed by atoms with Gasteiger partial charge < -0.3 is 0 Å². The average Bonchev–Trinajstić information content (AvgIpc) is 3.15. The first kappa shape index (κ1) is 16.4. The highest BCUT2D eigenvalue weighted by Crippen LogP contribution is 2.39. The monoisotopic (exact) mass is 373 g/mol. The Morgan fingerprint density at radius 3 is 2.52 bits per heavy atom. The molecular formula is C19H16FNO2S2. The standard InChI is InChI=1S/C19H16FNO2S2/c20-16-5-7-17(8-6-16)25(22,23)21-11-9-14-3-1-2-4-18(14)19(21)15-10-12-24-13-15/h1-8,10,12-13,19H,9,11H2. The molecule has 0 aliphatic carbocycles. The zero-order valence-corrected chi connectivity index (χ0v) is 14.9. The summed E-state index contributed by atoms with van der Waals surface area (Å²) >= 11 is 1.55. The van der Waals surface area contributed by atoms with E-state index in [-0.39, 0.29) is 10.9 Å². The van der Waals surface area contributed by atoms with Gasteiger partial charge in [0.05, 0.1) is 10.9 Å². The minimum absolute atomic E-state index is 0.119. The Morgan fingerprint density at radius 2 is 1.80 bits per heavy atom. The van der Waals surface area contributed by atoms with Crippen LogP contribution in [0.4, 0.5) is 4.39 Å². The molecule has 3 nitrogen and oxygen atoms in total. The van der Waals surface area contributed by atoms with Gasteiger partial charge in [0, 0.05) is 6.54 Å². The Labute approximate surface area is 150 Å². The van der Waals surface area contributed by atoms with Crippen molar-refractivity contribution >= 4 is 21.4 Å². The van der Waals surface area contributed by atoms with Crippen LogP contribution >= 0.6 is 11.3 Å². The summed E-state index contributed by atoms with van der Waals surface area (Å²) in [6.07, 6.45) is 0.664. The molecule has 0 N–H and O–H groups in total. The van der Waals surface area contributed by atoms with Gasteiger partial charge in [-0.05, 0) is 64.2 Å². The summed E-state index contributed by atoms with van der Waals surface area (Å²) in [5.74, 6) is -0.447. The Kier molecular flexibility index (Phi) is 4.19. The number of halogens is 1. The lowest BCUT2D eigenvalue weighted by Crippen LogP contribution is -2.40. The summed E-state index contributed by atoms with van der Waals surface area (Å²) in [6.45, 7) is 0.400. The van der Waals surface area contributed by atoms with E-state index in [0.717, 1.165) is 11.1 Å². The molecule has 2 aromatic carbocycles. The summed E-state index contributed by atoms with van der Waals surface area (Å²) in [5, 5.41) is 3.94. The largest absolute Gasteiger partial charge is 0.243 e. The normalized spacial score (nSPS) is 18.0. The predicted molar refractivity (Wildman–Crippen MR) is 96.6 cm³/mol. The van der Waals surface area contributed by atoms with Crippen LogP contribution in [0.5, 0.6) is 0 Å². The summed E-state index contributed by atoms with van der Waals surface area (Å²) in [6, 6.07) is 14.6. The van der Waals surface area contributed by atoms with Crippen LogP contribution in [-0.2, 0) is 16.4 Å². The highest BCUT2D eigenvalue weighted by Gasteiger charge is 2.37. The fraction of sp³-hybridized carbons (Fsp3) is 0.158. The Morgan fingerprint density at radius 1 is 1.04 bits per heavy atom. The van der Waals surface area contributed by atoms with Gasteiger partial charge >= 0.3 is 0 Å². The summed E-state index contributed by atoms with van der Waals surface area (Å²) in [7, 11) is -3.73. The second-order valence-electron chi connectivity index (χ2n) is 5.98. The fourth-order valence-electron chi connectivity index (χ4n) is 3.32. The summed E-state index contributed by atoms with van der Waals surface area (Å²) < 4.78 is 41.2. The number of fused-ring (bicyclic) bond motifs is 1. The first-order chi connectivity index (χ1) is 12.1. The lowest BCUT2D eigenvalue weighted by molar-refractivity contribution is 0.344. The van der Waals surface area contributed by atoms with Crippen LogP contribution in [0.25, 0.3) is 0 Å². The number of hydrogen-bond acceptors (Lipinski definition) is 3. The van der Waals surface area contributed by atoms with E-state index in [1.54, 1.807) is 11.3 Å². The molecule has 1 aromatic heterocycles. The van der Waals surface area contributed by atoms with E-state index >= 15 is 0 Å².